The number of piperidine rings is 1. The van der Waals surface area contributed by atoms with Gasteiger partial charge in [0.2, 0.25) is 0 Å². The number of hydrogen-bond donors (Lipinski definition) is 2. The lowest BCUT2D eigenvalue weighted by Crippen LogP contribution is -2.44. The summed E-state index contributed by atoms with van der Waals surface area (Å²) in [5.74, 6) is 0.678. The number of benzene rings is 2. The van der Waals surface area contributed by atoms with Crippen LogP contribution in [-0.4, -0.2) is 24.5 Å². The first-order valence-corrected chi connectivity index (χ1v) is 12.1. The van der Waals surface area contributed by atoms with E-state index < -0.39 is 0 Å². The molecule has 3 heteroatoms. The zero-order valence-corrected chi connectivity index (χ0v) is 18.5. The highest BCUT2D eigenvalue weighted by molar-refractivity contribution is 5.98. The summed E-state index contributed by atoms with van der Waals surface area (Å²) in [6, 6.07) is 13.4. The Bertz CT molecular complexity index is 1180. The van der Waals surface area contributed by atoms with Crippen LogP contribution in [0.1, 0.15) is 77.9 Å². The Morgan fingerprint density at radius 2 is 1.84 bits per heavy atom. The van der Waals surface area contributed by atoms with Gasteiger partial charge in [0.1, 0.15) is 0 Å². The number of aryl methyl sites for hydroxylation is 2. The molecule has 1 heterocycles. The highest BCUT2D eigenvalue weighted by Gasteiger charge is 2.48. The van der Waals surface area contributed by atoms with Crippen LogP contribution >= 0.6 is 0 Å². The fraction of sp³-hybridized carbons (Fsp3) is 0.464. The van der Waals surface area contributed by atoms with Crippen molar-refractivity contribution in [3.8, 4) is 0 Å². The standard InChI is InChI=1S/C28H32N2O/c1-18-5-6-22(19-11-15-29-16-12-19)17-24(18)27(31)30-28(13-14-28)25-10-9-21-8-7-20-3-2-4-23(25)26(20)21/h2-6,17,19,29H,7-16H2,1H3,(H,30,31). The summed E-state index contributed by atoms with van der Waals surface area (Å²) in [7, 11) is 0. The van der Waals surface area contributed by atoms with Crippen LogP contribution in [-0.2, 0) is 6.42 Å². The van der Waals surface area contributed by atoms with E-state index in [9.17, 15) is 4.79 Å². The smallest absolute Gasteiger partial charge is 0.252 e. The van der Waals surface area contributed by atoms with Crippen LogP contribution < -0.4 is 21.1 Å². The van der Waals surface area contributed by atoms with Gasteiger partial charge in [-0.1, -0.05) is 35.9 Å². The molecule has 2 N–H and O–H groups in total. The van der Waals surface area contributed by atoms with E-state index in [4.69, 9.17) is 0 Å². The van der Waals surface area contributed by atoms with E-state index in [0.717, 1.165) is 56.3 Å². The van der Waals surface area contributed by atoms with Crippen molar-refractivity contribution in [2.45, 2.75) is 69.7 Å². The van der Waals surface area contributed by atoms with Crippen molar-refractivity contribution in [3.05, 3.63) is 69.1 Å². The third kappa shape index (κ3) is 3.25. The van der Waals surface area contributed by atoms with Gasteiger partial charge >= 0.3 is 0 Å². The minimum absolute atomic E-state index is 0.112. The molecule has 2 aromatic carbocycles. The van der Waals surface area contributed by atoms with E-state index >= 15 is 0 Å². The lowest BCUT2D eigenvalue weighted by Gasteiger charge is -2.26. The molecule has 0 atom stereocenters. The monoisotopic (exact) mass is 412 g/mol. The van der Waals surface area contributed by atoms with Gasteiger partial charge in [0, 0.05) is 5.56 Å². The predicted octanol–water partition coefficient (Wildman–Crippen LogP) is 3.47. The highest BCUT2D eigenvalue weighted by Crippen LogP contribution is 2.46. The molecule has 1 saturated carbocycles. The Kier molecular flexibility index (Phi) is 4.57. The van der Waals surface area contributed by atoms with Crippen molar-refractivity contribution in [2.24, 2.45) is 0 Å². The van der Waals surface area contributed by atoms with Gasteiger partial charge in [-0.05, 0) is 116 Å². The largest absolute Gasteiger partial charge is 0.343 e. The number of amides is 1. The SMILES string of the molecule is Cc1ccc(C2CCNCC2)cc1C(=O)NC1(C2=c3cccc4c3=C(CC2)CC4)CC1. The summed E-state index contributed by atoms with van der Waals surface area (Å²) >= 11 is 0. The fourth-order valence-electron chi connectivity index (χ4n) is 6.25. The lowest BCUT2D eigenvalue weighted by atomic mass is 9.87. The van der Waals surface area contributed by atoms with Crippen molar-refractivity contribution in [1.29, 1.82) is 0 Å². The second kappa shape index (κ2) is 7.34. The molecule has 3 nitrogen and oxygen atoms in total. The van der Waals surface area contributed by atoms with Gasteiger partial charge in [-0.25, -0.2) is 0 Å². The van der Waals surface area contributed by atoms with Crippen LogP contribution in [0.5, 0.6) is 0 Å². The topological polar surface area (TPSA) is 41.1 Å². The van der Waals surface area contributed by atoms with Crippen molar-refractivity contribution in [1.82, 2.24) is 10.6 Å². The quantitative estimate of drug-likeness (QED) is 0.807. The Hall–Kier alpha value is -2.39. The minimum Gasteiger partial charge on any atom is -0.343 e. The van der Waals surface area contributed by atoms with E-state index in [2.05, 4.69) is 54.0 Å². The van der Waals surface area contributed by atoms with E-state index in [1.165, 1.54) is 46.4 Å². The molecule has 0 spiro atoms. The number of rotatable bonds is 4. The van der Waals surface area contributed by atoms with Crippen LogP contribution in [0.15, 0.2) is 36.4 Å². The third-order valence-electron chi connectivity index (χ3n) is 8.20. The summed E-state index contributed by atoms with van der Waals surface area (Å²) < 4.78 is 0. The normalized spacial score (nSPS) is 21.7. The van der Waals surface area contributed by atoms with E-state index in [1.54, 1.807) is 5.57 Å². The molecule has 0 radical (unpaired) electrons. The maximum absolute atomic E-state index is 13.5. The second-order valence-corrected chi connectivity index (χ2v) is 10.1. The number of carbonyl (C=O) groups excluding carboxylic acids is 1. The lowest BCUT2D eigenvalue weighted by molar-refractivity contribution is 0.0940. The van der Waals surface area contributed by atoms with Gasteiger partial charge in [-0.15, -0.1) is 0 Å². The van der Waals surface area contributed by atoms with Gasteiger partial charge in [0.25, 0.3) is 5.91 Å². The first-order valence-electron chi connectivity index (χ1n) is 12.1. The van der Waals surface area contributed by atoms with Gasteiger partial charge in [0.15, 0.2) is 0 Å². The molecule has 3 aliphatic carbocycles. The molecular formula is C28H32N2O. The van der Waals surface area contributed by atoms with Gasteiger partial charge in [-0.3, -0.25) is 4.79 Å². The second-order valence-electron chi connectivity index (χ2n) is 10.1. The fourth-order valence-corrected chi connectivity index (χ4v) is 6.25. The minimum atomic E-state index is -0.127. The molecule has 31 heavy (non-hydrogen) atoms. The molecule has 1 saturated heterocycles. The molecule has 0 bridgehead atoms. The average Bonchev–Trinajstić information content (AvgIpc) is 3.45. The van der Waals surface area contributed by atoms with Gasteiger partial charge in [-0.2, -0.15) is 0 Å². The molecule has 0 aromatic heterocycles. The Morgan fingerprint density at radius 1 is 1.03 bits per heavy atom. The molecule has 6 rings (SSSR count). The average molecular weight is 413 g/mol. The van der Waals surface area contributed by atoms with Crippen LogP contribution in [0.2, 0.25) is 0 Å². The molecule has 2 fully saturated rings. The summed E-state index contributed by atoms with van der Waals surface area (Å²) in [6.07, 6.45) is 9.13. The van der Waals surface area contributed by atoms with Crippen molar-refractivity contribution in [3.63, 3.8) is 0 Å². The predicted molar refractivity (Wildman–Crippen MR) is 126 cm³/mol. The zero-order chi connectivity index (χ0) is 21.0. The van der Waals surface area contributed by atoms with E-state index in [0.29, 0.717) is 5.92 Å². The van der Waals surface area contributed by atoms with E-state index in [-0.39, 0.29) is 11.4 Å². The van der Waals surface area contributed by atoms with Crippen LogP contribution in [0.4, 0.5) is 0 Å². The third-order valence-corrected chi connectivity index (χ3v) is 8.20. The number of carbonyl (C=O) groups is 1. The molecule has 4 aliphatic rings. The molecule has 0 unspecified atom stereocenters. The first kappa shape index (κ1) is 19.3. The van der Waals surface area contributed by atoms with Crippen molar-refractivity contribution < 1.29 is 4.79 Å². The summed E-state index contributed by atoms with van der Waals surface area (Å²) in [5.41, 5.74) is 7.78. The summed E-state index contributed by atoms with van der Waals surface area (Å²) in [6.45, 7) is 4.21. The Balaban J connectivity index is 1.34. The van der Waals surface area contributed by atoms with Gasteiger partial charge in [0.05, 0.1) is 5.54 Å². The van der Waals surface area contributed by atoms with E-state index in [1.807, 2.05) is 0 Å². The van der Waals surface area contributed by atoms with Gasteiger partial charge < -0.3 is 10.6 Å². The molecular weight excluding hydrogens is 380 g/mol. The highest BCUT2D eigenvalue weighted by atomic mass is 16.1. The van der Waals surface area contributed by atoms with Crippen LogP contribution in [0, 0.1) is 6.92 Å². The van der Waals surface area contributed by atoms with Crippen LogP contribution in [0.25, 0.3) is 11.1 Å². The summed E-state index contributed by atoms with van der Waals surface area (Å²) in [5, 5.41) is 9.91. The molecule has 1 amide bonds. The number of nitrogens with one attached hydrogen (secondary N) is 2. The Labute approximate surface area is 184 Å². The molecule has 1 aliphatic heterocycles. The maximum Gasteiger partial charge on any atom is 0.252 e. The zero-order valence-electron chi connectivity index (χ0n) is 18.5. The maximum atomic E-state index is 13.5. The Morgan fingerprint density at radius 3 is 2.65 bits per heavy atom. The number of hydrogen-bond acceptors (Lipinski definition) is 2. The first-order chi connectivity index (χ1) is 15.1. The molecule has 2 aromatic rings. The van der Waals surface area contributed by atoms with Crippen molar-refractivity contribution >= 4 is 17.1 Å². The molecule has 160 valence electrons. The van der Waals surface area contributed by atoms with Crippen molar-refractivity contribution in [2.75, 3.05) is 13.1 Å². The summed E-state index contributed by atoms with van der Waals surface area (Å²) in [4.78, 5) is 13.5. The van der Waals surface area contributed by atoms with Crippen LogP contribution in [0.3, 0.4) is 0 Å².